The Morgan fingerprint density at radius 1 is 1.44 bits per heavy atom. The second kappa shape index (κ2) is 6.20. The molecule has 1 saturated heterocycles. The summed E-state index contributed by atoms with van der Waals surface area (Å²) in [5, 5.41) is 19.5. The summed E-state index contributed by atoms with van der Waals surface area (Å²) in [6, 6.07) is -2.15. The third kappa shape index (κ3) is 3.88. The predicted molar refractivity (Wildman–Crippen MR) is 59.2 cm³/mol. The van der Waals surface area contributed by atoms with Gasteiger partial charge in [0, 0.05) is 13.7 Å². The smallest absolute Gasteiger partial charge is 0.326 e. The van der Waals surface area contributed by atoms with Crippen molar-refractivity contribution in [1.82, 2.24) is 10.2 Å². The lowest BCUT2D eigenvalue weighted by molar-refractivity contribution is -0.145. The van der Waals surface area contributed by atoms with Crippen molar-refractivity contribution in [3.63, 3.8) is 0 Å². The van der Waals surface area contributed by atoms with Crippen LogP contribution in [0.1, 0.15) is 12.8 Å². The van der Waals surface area contributed by atoms with Crippen LogP contribution in [-0.4, -0.2) is 65.4 Å². The number of carbonyl (C=O) groups excluding carboxylic acids is 1. The molecule has 18 heavy (non-hydrogen) atoms. The number of carboxylic acids is 2. The van der Waals surface area contributed by atoms with E-state index in [4.69, 9.17) is 14.9 Å². The largest absolute Gasteiger partial charge is 0.481 e. The van der Waals surface area contributed by atoms with E-state index >= 15 is 0 Å². The van der Waals surface area contributed by atoms with Gasteiger partial charge < -0.3 is 25.2 Å². The van der Waals surface area contributed by atoms with Gasteiger partial charge in [-0.15, -0.1) is 0 Å². The van der Waals surface area contributed by atoms with E-state index in [1.807, 2.05) is 0 Å². The summed E-state index contributed by atoms with van der Waals surface area (Å²) in [6.07, 6.45) is 0.0245. The number of hydrogen-bond donors (Lipinski definition) is 3. The second-order valence-electron chi connectivity index (χ2n) is 4.07. The van der Waals surface area contributed by atoms with Crippen LogP contribution in [0.25, 0.3) is 0 Å². The van der Waals surface area contributed by atoms with Crippen LogP contribution >= 0.6 is 0 Å². The molecule has 1 fully saturated rings. The van der Waals surface area contributed by atoms with Gasteiger partial charge in [-0.1, -0.05) is 0 Å². The number of carbonyl (C=O) groups is 3. The molecule has 0 aliphatic carbocycles. The molecule has 2 unspecified atom stereocenters. The number of nitrogens with zero attached hydrogens (tertiary/aromatic N) is 1. The van der Waals surface area contributed by atoms with E-state index in [2.05, 4.69) is 5.32 Å². The van der Waals surface area contributed by atoms with Crippen molar-refractivity contribution >= 4 is 18.0 Å². The normalized spacial score (nSPS) is 20.2. The maximum atomic E-state index is 11.7. The van der Waals surface area contributed by atoms with Crippen LogP contribution < -0.4 is 5.32 Å². The van der Waals surface area contributed by atoms with E-state index in [-0.39, 0.29) is 6.04 Å². The summed E-state index contributed by atoms with van der Waals surface area (Å²) < 4.78 is 5.11. The number of likely N-dealkylation sites (N-methyl/N-ethyl adjacent to an activating group) is 1. The Morgan fingerprint density at radius 3 is 2.56 bits per heavy atom. The lowest BCUT2D eigenvalue weighted by Crippen LogP contribution is -2.50. The molecule has 0 radical (unpaired) electrons. The molecule has 1 aliphatic heterocycles. The van der Waals surface area contributed by atoms with Gasteiger partial charge in [0.2, 0.25) is 0 Å². The molecule has 0 aromatic carbocycles. The highest BCUT2D eigenvalue weighted by molar-refractivity contribution is 5.86. The molecule has 1 rings (SSSR count). The Labute approximate surface area is 104 Å². The van der Waals surface area contributed by atoms with Crippen molar-refractivity contribution in [2.45, 2.75) is 24.9 Å². The van der Waals surface area contributed by atoms with E-state index < -0.39 is 30.4 Å². The van der Waals surface area contributed by atoms with Crippen molar-refractivity contribution < 1.29 is 29.3 Å². The van der Waals surface area contributed by atoms with E-state index in [1.165, 1.54) is 11.9 Å². The lowest BCUT2D eigenvalue weighted by Gasteiger charge is -2.25. The standard InChI is InChI=1S/C10H16N2O6/c1-12(6-2-3-18-5-6)10(17)11-7(9(15)16)4-8(13)14/h6-7H,2-5H2,1H3,(H,11,17)(H,13,14)(H,15,16). The molecule has 0 bridgehead atoms. The molecule has 0 aromatic rings. The maximum absolute atomic E-state index is 11.7. The average Bonchev–Trinajstić information content (AvgIpc) is 2.79. The molecule has 0 spiro atoms. The number of carboxylic acid groups (broad SMARTS) is 2. The van der Waals surface area contributed by atoms with Gasteiger partial charge in [0.05, 0.1) is 19.1 Å². The molecular formula is C10H16N2O6. The van der Waals surface area contributed by atoms with Gasteiger partial charge in [-0.05, 0) is 6.42 Å². The third-order valence-corrected chi connectivity index (χ3v) is 2.75. The summed E-state index contributed by atoms with van der Waals surface area (Å²) in [5.41, 5.74) is 0. The second-order valence-corrected chi connectivity index (χ2v) is 4.07. The highest BCUT2D eigenvalue weighted by Crippen LogP contribution is 2.10. The first-order chi connectivity index (χ1) is 8.41. The quantitative estimate of drug-likeness (QED) is 0.604. The van der Waals surface area contributed by atoms with Gasteiger partial charge in [0.1, 0.15) is 6.04 Å². The summed E-state index contributed by atoms with van der Waals surface area (Å²) in [6.45, 7) is 0.959. The number of nitrogens with one attached hydrogen (secondary N) is 1. The van der Waals surface area contributed by atoms with Gasteiger partial charge in [-0.25, -0.2) is 9.59 Å². The SMILES string of the molecule is CN(C(=O)NC(CC(=O)O)C(=O)O)C1CCOC1. The number of aliphatic carboxylic acids is 2. The average molecular weight is 260 g/mol. The Kier molecular flexibility index (Phi) is 4.90. The van der Waals surface area contributed by atoms with Crippen LogP contribution in [0.4, 0.5) is 4.79 Å². The van der Waals surface area contributed by atoms with Crippen molar-refractivity contribution in [2.24, 2.45) is 0 Å². The first kappa shape index (κ1) is 14.2. The molecule has 1 heterocycles. The van der Waals surface area contributed by atoms with Crippen LogP contribution in [-0.2, 0) is 14.3 Å². The Bertz CT molecular complexity index is 339. The van der Waals surface area contributed by atoms with Crippen molar-refractivity contribution in [3.05, 3.63) is 0 Å². The van der Waals surface area contributed by atoms with Gasteiger partial charge in [-0.2, -0.15) is 0 Å². The first-order valence-electron chi connectivity index (χ1n) is 5.47. The molecule has 102 valence electrons. The van der Waals surface area contributed by atoms with Gasteiger partial charge >= 0.3 is 18.0 Å². The molecule has 2 amide bonds. The zero-order valence-corrected chi connectivity index (χ0v) is 9.96. The Morgan fingerprint density at radius 2 is 2.11 bits per heavy atom. The Balaban J connectivity index is 2.54. The van der Waals surface area contributed by atoms with E-state index in [9.17, 15) is 14.4 Å². The molecule has 3 N–H and O–H groups in total. The fraction of sp³-hybridized carbons (Fsp3) is 0.700. The highest BCUT2D eigenvalue weighted by Gasteiger charge is 2.28. The molecule has 1 aliphatic rings. The lowest BCUT2D eigenvalue weighted by atomic mass is 10.2. The van der Waals surface area contributed by atoms with E-state index in [0.717, 1.165) is 0 Å². The fourth-order valence-electron chi connectivity index (χ4n) is 1.62. The fourth-order valence-corrected chi connectivity index (χ4v) is 1.62. The van der Waals surface area contributed by atoms with Crippen molar-refractivity contribution in [3.8, 4) is 0 Å². The van der Waals surface area contributed by atoms with Crippen molar-refractivity contribution in [1.29, 1.82) is 0 Å². The highest BCUT2D eigenvalue weighted by atomic mass is 16.5. The summed E-state index contributed by atoms with van der Waals surface area (Å²) >= 11 is 0. The predicted octanol–water partition coefficient (Wildman–Crippen LogP) is -0.655. The molecule has 8 nitrogen and oxygen atoms in total. The summed E-state index contributed by atoms with van der Waals surface area (Å²) in [7, 11) is 1.52. The minimum absolute atomic E-state index is 0.107. The van der Waals surface area contributed by atoms with Gasteiger partial charge in [-0.3, -0.25) is 4.79 Å². The van der Waals surface area contributed by atoms with Crippen LogP contribution in [0.2, 0.25) is 0 Å². The third-order valence-electron chi connectivity index (χ3n) is 2.75. The minimum atomic E-state index is -1.43. The number of hydrogen-bond acceptors (Lipinski definition) is 4. The Hall–Kier alpha value is -1.83. The van der Waals surface area contributed by atoms with Crippen LogP contribution in [0.3, 0.4) is 0 Å². The number of amides is 2. The number of urea groups is 1. The minimum Gasteiger partial charge on any atom is -0.481 e. The van der Waals surface area contributed by atoms with Crippen LogP contribution in [0.5, 0.6) is 0 Å². The van der Waals surface area contributed by atoms with E-state index in [1.54, 1.807) is 0 Å². The summed E-state index contributed by atoms with van der Waals surface area (Å²) in [4.78, 5) is 34.3. The molecule has 2 atom stereocenters. The van der Waals surface area contributed by atoms with Crippen LogP contribution in [0, 0.1) is 0 Å². The molecule has 0 aromatic heterocycles. The van der Waals surface area contributed by atoms with Crippen molar-refractivity contribution in [2.75, 3.05) is 20.3 Å². The van der Waals surface area contributed by atoms with Gasteiger partial charge in [0.25, 0.3) is 0 Å². The number of rotatable bonds is 5. The van der Waals surface area contributed by atoms with E-state index in [0.29, 0.717) is 19.6 Å². The molecule has 0 saturated carbocycles. The molecular weight excluding hydrogens is 244 g/mol. The monoisotopic (exact) mass is 260 g/mol. The van der Waals surface area contributed by atoms with Gasteiger partial charge in [0.15, 0.2) is 0 Å². The first-order valence-corrected chi connectivity index (χ1v) is 5.47. The topological polar surface area (TPSA) is 116 Å². The molecule has 8 heteroatoms. The zero-order valence-electron chi connectivity index (χ0n) is 9.96. The number of ether oxygens (including phenoxy) is 1. The summed E-state index contributed by atoms with van der Waals surface area (Å²) in [5.74, 6) is -2.66. The maximum Gasteiger partial charge on any atom is 0.326 e. The van der Waals surface area contributed by atoms with Crippen LogP contribution in [0.15, 0.2) is 0 Å². The zero-order chi connectivity index (χ0) is 13.7.